The summed E-state index contributed by atoms with van der Waals surface area (Å²) in [7, 11) is 0. The van der Waals surface area contributed by atoms with Gasteiger partial charge in [0.25, 0.3) is 0 Å². The van der Waals surface area contributed by atoms with Crippen molar-refractivity contribution in [1.29, 1.82) is 0 Å². The van der Waals surface area contributed by atoms with Gasteiger partial charge in [0.15, 0.2) is 0 Å². The topological polar surface area (TPSA) is 23.5 Å². The Labute approximate surface area is 115 Å². The largest absolute Gasteiger partial charge is 0.392 e. The van der Waals surface area contributed by atoms with Crippen LogP contribution in [0.15, 0.2) is 18.2 Å². The third-order valence-corrected chi connectivity index (χ3v) is 4.73. The molecule has 1 saturated heterocycles. The number of rotatable bonds is 4. The molecule has 1 heterocycles. The zero-order chi connectivity index (χ0) is 13.2. The fourth-order valence-electron chi connectivity index (χ4n) is 2.93. The van der Waals surface area contributed by atoms with Crippen LogP contribution in [0.3, 0.4) is 0 Å². The zero-order valence-corrected chi connectivity index (χ0v) is 12.0. The lowest BCUT2D eigenvalue weighted by molar-refractivity contribution is 0.281. The van der Waals surface area contributed by atoms with Gasteiger partial charge in [0.05, 0.1) is 6.61 Å². The van der Waals surface area contributed by atoms with Crippen molar-refractivity contribution in [2.75, 3.05) is 18.0 Å². The Bertz CT molecular complexity index is 415. The van der Waals surface area contributed by atoms with E-state index in [0.717, 1.165) is 29.4 Å². The van der Waals surface area contributed by atoms with Crippen molar-refractivity contribution in [1.82, 2.24) is 0 Å². The SMILES string of the molecule is CCC1(CC)CCN(c2cc(Cl)ccc2CO)C1. The van der Waals surface area contributed by atoms with Crippen LogP contribution >= 0.6 is 11.6 Å². The predicted molar refractivity (Wildman–Crippen MR) is 77.2 cm³/mol. The molecular formula is C15H22ClNO. The van der Waals surface area contributed by atoms with E-state index >= 15 is 0 Å². The highest BCUT2D eigenvalue weighted by molar-refractivity contribution is 6.30. The predicted octanol–water partition coefficient (Wildman–Crippen LogP) is 3.85. The highest BCUT2D eigenvalue weighted by Gasteiger charge is 2.35. The second kappa shape index (κ2) is 5.50. The number of hydrogen-bond acceptors (Lipinski definition) is 2. The van der Waals surface area contributed by atoms with Gasteiger partial charge in [-0.1, -0.05) is 31.5 Å². The molecule has 0 amide bonds. The molecule has 0 saturated carbocycles. The maximum Gasteiger partial charge on any atom is 0.0702 e. The molecule has 0 radical (unpaired) electrons. The minimum absolute atomic E-state index is 0.0776. The number of anilines is 1. The van der Waals surface area contributed by atoms with Crippen LogP contribution in [0.2, 0.25) is 5.02 Å². The summed E-state index contributed by atoms with van der Waals surface area (Å²) in [4.78, 5) is 2.38. The molecule has 0 atom stereocenters. The van der Waals surface area contributed by atoms with E-state index in [1.54, 1.807) is 0 Å². The Morgan fingerprint density at radius 2 is 2.06 bits per heavy atom. The first-order chi connectivity index (χ1) is 8.64. The molecule has 1 aromatic carbocycles. The second-order valence-electron chi connectivity index (χ2n) is 5.31. The standard InChI is InChI=1S/C15H22ClNO/c1-3-15(4-2)7-8-17(11-15)14-9-13(16)6-5-12(14)10-18/h5-6,9,18H,3-4,7-8,10-11H2,1-2H3. The molecule has 100 valence electrons. The lowest BCUT2D eigenvalue weighted by Gasteiger charge is -2.28. The normalized spacial score (nSPS) is 18.3. The van der Waals surface area contributed by atoms with Crippen LogP contribution < -0.4 is 4.90 Å². The molecule has 0 unspecified atom stereocenters. The smallest absolute Gasteiger partial charge is 0.0702 e. The van der Waals surface area contributed by atoms with E-state index in [1.807, 2.05) is 18.2 Å². The minimum Gasteiger partial charge on any atom is -0.392 e. The summed E-state index contributed by atoms with van der Waals surface area (Å²) in [6.45, 7) is 6.77. The molecule has 1 fully saturated rings. The first-order valence-corrected chi connectivity index (χ1v) is 7.16. The van der Waals surface area contributed by atoms with Crippen LogP contribution in [-0.4, -0.2) is 18.2 Å². The Morgan fingerprint density at radius 1 is 1.33 bits per heavy atom. The molecule has 1 aliphatic rings. The van der Waals surface area contributed by atoms with Gasteiger partial charge in [0.2, 0.25) is 0 Å². The molecule has 0 aromatic heterocycles. The van der Waals surface area contributed by atoms with Gasteiger partial charge in [-0.15, -0.1) is 0 Å². The minimum atomic E-state index is 0.0776. The molecule has 1 aliphatic heterocycles. The maximum atomic E-state index is 9.44. The molecule has 2 rings (SSSR count). The van der Waals surface area contributed by atoms with Crippen LogP contribution in [0.1, 0.15) is 38.7 Å². The highest BCUT2D eigenvalue weighted by atomic mass is 35.5. The molecule has 18 heavy (non-hydrogen) atoms. The van der Waals surface area contributed by atoms with Crippen LogP contribution in [0, 0.1) is 5.41 Å². The first-order valence-electron chi connectivity index (χ1n) is 6.78. The fraction of sp³-hybridized carbons (Fsp3) is 0.600. The van der Waals surface area contributed by atoms with Gasteiger partial charge in [-0.05, 0) is 36.8 Å². The van der Waals surface area contributed by atoms with Gasteiger partial charge in [-0.3, -0.25) is 0 Å². The van der Waals surface area contributed by atoms with Gasteiger partial charge in [0, 0.05) is 29.4 Å². The van der Waals surface area contributed by atoms with E-state index < -0.39 is 0 Å². The van der Waals surface area contributed by atoms with Crippen molar-refractivity contribution >= 4 is 17.3 Å². The number of nitrogens with zero attached hydrogens (tertiary/aromatic N) is 1. The van der Waals surface area contributed by atoms with Crippen molar-refractivity contribution in [3.05, 3.63) is 28.8 Å². The van der Waals surface area contributed by atoms with E-state index in [-0.39, 0.29) is 6.61 Å². The summed E-state index contributed by atoms with van der Waals surface area (Å²) >= 11 is 6.08. The number of aliphatic hydroxyl groups is 1. The average molecular weight is 268 g/mol. The monoisotopic (exact) mass is 267 g/mol. The van der Waals surface area contributed by atoms with Crippen molar-refractivity contribution in [3.63, 3.8) is 0 Å². The van der Waals surface area contributed by atoms with Crippen molar-refractivity contribution in [2.45, 2.75) is 39.7 Å². The van der Waals surface area contributed by atoms with Crippen molar-refractivity contribution < 1.29 is 5.11 Å². The summed E-state index contributed by atoms with van der Waals surface area (Å²) in [5, 5.41) is 10.2. The second-order valence-corrected chi connectivity index (χ2v) is 5.75. The quantitative estimate of drug-likeness (QED) is 0.896. The summed E-state index contributed by atoms with van der Waals surface area (Å²) in [5.74, 6) is 0. The summed E-state index contributed by atoms with van der Waals surface area (Å²) in [6.07, 6.45) is 3.67. The number of halogens is 1. The van der Waals surface area contributed by atoms with Gasteiger partial charge < -0.3 is 10.0 Å². The lowest BCUT2D eigenvalue weighted by Crippen LogP contribution is -2.26. The van der Waals surface area contributed by atoms with Crippen LogP contribution in [0.25, 0.3) is 0 Å². The Kier molecular flexibility index (Phi) is 4.18. The average Bonchev–Trinajstić information content (AvgIpc) is 2.83. The zero-order valence-electron chi connectivity index (χ0n) is 11.2. The molecular weight excluding hydrogens is 246 g/mol. The summed E-state index contributed by atoms with van der Waals surface area (Å²) in [6, 6.07) is 5.75. The van der Waals surface area contributed by atoms with E-state index in [4.69, 9.17) is 11.6 Å². The van der Waals surface area contributed by atoms with Crippen molar-refractivity contribution in [3.8, 4) is 0 Å². The van der Waals surface area contributed by atoms with E-state index in [0.29, 0.717) is 5.41 Å². The van der Waals surface area contributed by atoms with Crippen LogP contribution in [0.4, 0.5) is 5.69 Å². The number of benzene rings is 1. The first kappa shape index (κ1) is 13.7. The third kappa shape index (κ3) is 2.50. The molecule has 1 N–H and O–H groups in total. The molecule has 0 spiro atoms. The summed E-state index contributed by atoms with van der Waals surface area (Å²) < 4.78 is 0. The van der Waals surface area contributed by atoms with E-state index in [9.17, 15) is 5.11 Å². The molecule has 0 bridgehead atoms. The molecule has 0 aliphatic carbocycles. The van der Waals surface area contributed by atoms with Gasteiger partial charge in [-0.2, -0.15) is 0 Å². The van der Waals surface area contributed by atoms with Crippen LogP contribution in [-0.2, 0) is 6.61 Å². The van der Waals surface area contributed by atoms with E-state index in [2.05, 4.69) is 18.7 Å². The molecule has 3 heteroatoms. The Morgan fingerprint density at radius 3 is 2.61 bits per heavy atom. The van der Waals surface area contributed by atoms with Gasteiger partial charge in [-0.25, -0.2) is 0 Å². The Balaban J connectivity index is 2.26. The maximum absolute atomic E-state index is 9.44. The summed E-state index contributed by atoms with van der Waals surface area (Å²) in [5.41, 5.74) is 2.52. The highest BCUT2D eigenvalue weighted by Crippen LogP contribution is 2.40. The van der Waals surface area contributed by atoms with E-state index in [1.165, 1.54) is 19.3 Å². The molecule has 1 aromatic rings. The molecule has 2 nitrogen and oxygen atoms in total. The fourth-order valence-corrected chi connectivity index (χ4v) is 3.10. The van der Waals surface area contributed by atoms with Gasteiger partial charge in [0.1, 0.15) is 0 Å². The lowest BCUT2D eigenvalue weighted by atomic mass is 9.82. The Hall–Kier alpha value is -0.730. The van der Waals surface area contributed by atoms with Gasteiger partial charge >= 0.3 is 0 Å². The number of hydrogen-bond donors (Lipinski definition) is 1. The van der Waals surface area contributed by atoms with Crippen LogP contribution in [0.5, 0.6) is 0 Å². The third-order valence-electron chi connectivity index (χ3n) is 4.50. The van der Waals surface area contributed by atoms with Crippen molar-refractivity contribution in [2.24, 2.45) is 5.41 Å². The number of aliphatic hydroxyl groups excluding tert-OH is 1.